The molecule has 1 saturated carbocycles. The molecule has 5 nitrogen and oxygen atoms in total. The van der Waals surface area contributed by atoms with Gasteiger partial charge in [0.05, 0.1) is 11.6 Å². The first-order valence-corrected chi connectivity index (χ1v) is 12.5. The average Bonchev–Trinajstić information content (AvgIpc) is 3.06. The molecule has 0 bridgehead atoms. The van der Waals surface area contributed by atoms with Crippen molar-refractivity contribution in [2.45, 2.75) is 72.0 Å². The maximum atomic E-state index is 14.0. The van der Waals surface area contributed by atoms with Gasteiger partial charge < -0.3 is 10.0 Å². The van der Waals surface area contributed by atoms with E-state index in [1.807, 2.05) is 17.0 Å². The third-order valence-electron chi connectivity index (χ3n) is 7.73. The summed E-state index contributed by atoms with van der Waals surface area (Å²) >= 11 is 0. The zero-order chi connectivity index (χ0) is 25.5. The van der Waals surface area contributed by atoms with Gasteiger partial charge in [0, 0.05) is 5.56 Å². The van der Waals surface area contributed by atoms with E-state index >= 15 is 0 Å². The third-order valence-corrected chi connectivity index (χ3v) is 7.73. The fraction of sp³-hybridized carbons (Fsp3) is 0.483. The van der Waals surface area contributed by atoms with E-state index in [4.69, 9.17) is 4.99 Å². The molecule has 186 valence electrons. The lowest BCUT2D eigenvalue weighted by Gasteiger charge is -2.48. The van der Waals surface area contributed by atoms with Crippen molar-refractivity contribution < 1.29 is 19.1 Å². The maximum Gasteiger partial charge on any atom is 0.335 e. The molecular formula is C29H35FN2O3. The monoisotopic (exact) mass is 478 g/mol. The Bertz CT molecular complexity index is 1120. The molecule has 1 amide bonds. The Morgan fingerprint density at radius 1 is 1.06 bits per heavy atom. The molecule has 2 aromatic rings. The zero-order valence-corrected chi connectivity index (χ0v) is 21.2. The number of nitrogens with zero attached hydrogens (tertiary/aromatic N) is 2. The van der Waals surface area contributed by atoms with Crippen molar-refractivity contribution in [2.24, 2.45) is 22.2 Å². The highest BCUT2D eigenvalue weighted by atomic mass is 19.1. The summed E-state index contributed by atoms with van der Waals surface area (Å²) in [6.07, 6.45) is 3.47. The van der Waals surface area contributed by atoms with Crippen LogP contribution < -0.4 is 0 Å². The van der Waals surface area contributed by atoms with Crippen molar-refractivity contribution in [3.05, 3.63) is 71.0 Å². The number of carboxylic acid groups (broad SMARTS) is 1. The predicted octanol–water partition coefficient (Wildman–Crippen LogP) is 6.49. The molecular weight excluding hydrogens is 443 g/mol. The summed E-state index contributed by atoms with van der Waals surface area (Å²) in [6.45, 7) is 10.9. The number of carbonyl (C=O) groups is 2. The number of carbonyl (C=O) groups excluding carboxylic acids is 1. The lowest BCUT2D eigenvalue weighted by atomic mass is 9.69. The van der Waals surface area contributed by atoms with E-state index in [-0.39, 0.29) is 34.7 Å². The van der Waals surface area contributed by atoms with Crippen LogP contribution in [-0.2, 0) is 4.79 Å². The maximum absolute atomic E-state index is 14.0. The van der Waals surface area contributed by atoms with Gasteiger partial charge >= 0.3 is 5.97 Å². The standard InChI is InChI=1S/C29H35FN2O3/c1-18(2)25(20-6-8-21(9-7-20)27(34)35)32-26(33)24(19-10-12-23(30)13-11-19)31-29(32)16-14-22(15-17-29)28(3,4)5/h6-13,18,22,25H,14-17H2,1-5H3,(H,34,35). The molecule has 2 aromatic carbocycles. The summed E-state index contributed by atoms with van der Waals surface area (Å²) in [5.41, 5.74) is 1.64. The van der Waals surface area contributed by atoms with Crippen LogP contribution in [0.2, 0.25) is 0 Å². The Hall–Kier alpha value is -3.02. The Kier molecular flexibility index (Phi) is 6.60. The molecule has 1 fully saturated rings. The topological polar surface area (TPSA) is 70.0 Å². The Morgan fingerprint density at radius 2 is 1.63 bits per heavy atom. The van der Waals surface area contributed by atoms with E-state index in [0.29, 0.717) is 17.2 Å². The number of carboxylic acids is 1. The first-order chi connectivity index (χ1) is 16.4. The first-order valence-electron chi connectivity index (χ1n) is 12.5. The average molecular weight is 479 g/mol. The zero-order valence-electron chi connectivity index (χ0n) is 21.2. The first kappa shape index (κ1) is 25.1. The Labute approximate surface area is 207 Å². The smallest absolute Gasteiger partial charge is 0.335 e. The van der Waals surface area contributed by atoms with Crippen LogP contribution in [0.1, 0.15) is 87.8 Å². The van der Waals surface area contributed by atoms with Crippen molar-refractivity contribution in [1.82, 2.24) is 4.90 Å². The number of rotatable bonds is 5. The highest BCUT2D eigenvalue weighted by molar-refractivity contribution is 6.46. The molecule has 6 heteroatoms. The Morgan fingerprint density at radius 3 is 2.11 bits per heavy atom. The third kappa shape index (κ3) is 4.75. The van der Waals surface area contributed by atoms with Crippen LogP contribution in [0.5, 0.6) is 0 Å². The molecule has 1 heterocycles. The largest absolute Gasteiger partial charge is 0.478 e. The van der Waals surface area contributed by atoms with Crippen molar-refractivity contribution in [1.29, 1.82) is 0 Å². The van der Waals surface area contributed by atoms with Gasteiger partial charge in [-0.3, -0.25) is 9.79 Å². The minimum atomic E-state index is -0.978. The van der Waals surface area contributed by atoms with Gasteiger partial charge in [0.1, 0.15) is 17.2 Å². The second-order valence-corrected chi connectivity index (χ2v) is 11.4. The van der Waals surface area contributed by atoms with Crippen LogP contribution in [0.25, 0.3) is 0 Å². The quantitative estimate of drug-likeness (QED) is 0.534. The molecule has 1 N–H and O–H groups in total. The number of aromatic carboxylic acids is 1. The summed E-state index contributed by atoms with van der Waals surface area (Å²) in [4.78, 5) is 32.5. The molecule has 1 aliphatic carbocycles. The van der Waals surface area contributed by atoms with Gasteiger partial charge in [-0.05, 0) is 84.9 Å². The van der Waals surface area contributed by atoms with Gasteiger partial charge in [0.15, 0.2) is 0 Å². The molecule has 0 saturated heterocycles. The highest BCUT2D eigenvalue weighted by Crippen LogP contribution is 2.50. The second-order valence-electron chi connectivity index (χ2n) is 11.4. The van der Waals surface area contributed by atoms with Crippen molar-refractivity contribution >= 4 is 17.6 Å². The summed E-state index contributed by atoms with van der Waals surface area (Å²) < 4.78 is 13.6. The molecule has 1 unspecified atom stereocenters. The van der Waals surface area contributed by atoms with E-state index in [1.54, 1.807) is 24.3 Å². The molecule has 1 aliphatic heterocycles. The van der Waals surface area contributed by atoms with Gasteiger partial charge in [-0.1, -0.05) is 46.8 Å². The van der Waals surface area contributed by atoms with Gasteiger partial charge in [-0.2, -0.15) is 0 Å². The molecule has 0 radical (unpaired) electrons. The van der Waals surface area contributed by atoms with Gasteiger partial charge in [-0.15, -0.1) is 0 Å². The number of benzene rings is 2. The van der Waals surface area contributed by atoms with Crippen molar-refractivity contribution in [2.75, 3.05) is 0 Å². The number of amides is 1. The number of halogens is 1. The fourth-order valence-corrected chi connectivity index (χ4v) is 5.75. The lowest BCUT2D eigenvalue weighted by Crippen LogP contribution is -2.52. The van der Waals surface area contributed by atoms with E-state index in [2.05, 4.69) is 34.6 Å². The molecule has 0 aromatic heterocycles. The highest BCUT2D eigenvalue weighted by Gasteiger charge is 2.53. The van der Waals surface area contributed by atoms with Crippen LogP contribution in [0.4, 0.5) is 4.39 Å². The van der Waals surface area contributed by atoms with Gasteiger partial charge in [0.25, 0.3) is 5.91 Å². The van der Waals surface area contributed by atoms with Crippen molar-refractivity contribution in [3.63, 3.8) is 0 Å². The second kappa shape index (κ2) is 9.21. The van der Waals surface area contributed by atoms with Crippen LogP contribution >= 0.6 is 0 Å². The fourth-order valence-electron chi connectivity index (χ4n) is 5.75. The van der Waals surface area contributed by atoms with E-state index in [9.17, 15) is 19.1 Å². The van der Waals surface area contributed by atoms with E-state index in [1.165, 1.54) is 12.1 Å². The Balaban J connectivity index is 1.78. The summed E-state index contributed by atoms with van der Waals surface area (Å²) in [7, 11) is 0. The SMILES string of the molecule is CC(C)C(c1ccc(C(=O)O)cc1)N1C(=O)C(c2ccc(F)cc2)=NC12CCC(C(C)(C)C)CC2. The van der Waals surface area contributed by atoms with Crippen LogP contribution in [-0.4, -0.2) is 33.3 Å². The molecule has 35 heavy (non-hydrogen) atoms. The van der Waals surface area contributed by atoms with E-state index in [0.717, 1.165) is 31.2 Å². The number of hydrogen-bond acceptors (Lipinski definition) is 3. The van der Waals surface area contributed by atoms with Crippen molar-refractivity contribution in [3.8, 4) is 0 Å². The van der Waals surface area contributed by atoms with Crippen LogP contribution in [0, 0.1) is 23.1 Å². The predicted molar refractivity (Wildman–Crippen MR) is 135 cm³/mol. The lowest BCUT2D eigenvalue weighted by molar-refractivity contribution is -0.135. The summed E-state index contributed by atoms with van der Waals surface area (Å²) in [6, 6.07) is 12.5. The summed E-state index contributed by atoms with van der Waals surface area (Å²) in [5, 5.41) is 9.34. The molecule has 2 aliphatic rings. The summed E-state index contributed by atoms with van der Waals surface area (Å²) in [5.74, 6) is -0.853. The molecule has 1 spiro atoms. The number of aliphatic imine (C=N–C) groups is 1. The normalized spacial score (nSPS) is 23.6. The minimum Gasteiger partial charge on any atom is -0.478 e. The van der Waals surface area contributed by atoms with Crippen LogP contribution in [0.3, 0.4) is 0 Å². The molecule has 1 atom stereocenters. The molecule has 4 rings (SSSR count). The minimum absolute atomic E-state index is 0.0783. The van der Waals surface area contributed by atoms with Gasteiger partial charge in [0.2, 0.25) is 0 Å². The van der Waals surface area contributed by atoms with E-state index < -0.39 is 11.6 Å². The van der Waals surface area contributed by atoms with Gasteiger partial charge in [-0.25, -0.2) is 9.18 Å². The number of hydrogen-bond donors (Lipinski definition) is 1. The van der Waals surface area contributed by atoms with Crippen LogP contribution in [0.15, 0.2) is 53.5 Å².